The Morgan fingerprint density at radius 2 is 1.93 bits per heavy atom. The second-order valence-corrected chi connectivity index (χ2v) is 7.15. The Bertz CT molecular complexity index is 658. The summed E-state index contributed by atoms with van der Waals surface area (Å²) in [5, 5.41) is 2.96. The molecule has 27 heavy (non-hydrogen) atoms. The Kier molecular flexibility index (Phi) is 6.55. The summed E-state index contributed by atoms with van der Waals surface area (Å²) in [5.74, 6) is 1.38. The zero-order valence-electron chi connectivity index (χ0n) is 16.1. The van der Waals surface area contributed by atoms with E-state index in [4.69, 9.17) is 9.47 Å². The first-order valence-electron chi connectivity index (χ1n) is 9.61. The van der Waals surface area contributed by atoms with Crippen molar-refractivity contribution < 1.29 is 19.1 Å². The van der Waals surface area contributed by atoms with Crippen molar-refractivity contribution in [2.45, 2.75) is 31.8 Å². The number of benzene rings is 1. The Labute approximate surface area is 160 Å². The highest BCUT2D eigenvalue weighted by molar-refractivity contribution is 5.74. The van der Waals surface area contributed by atoms with Gasteiger partial charge in [-0.1, -0.05) is 18.2 Å². The number of methoxy groups -OCH3 is 1. The quantitative estimate of drug-likeness (QED) is 0.872. The summed E-state index contributed by atoms with van der Waals surface area (Å²) in [5.41, 5.74) is 1.22. The monoisotopic (exact) mass is 375 g/mol. The molecule has 148 valence electrons. The fourth-order valence-corrected chi connectivity index (χ4v) is 3.84. The van der Waals surface area contributed by atoms with Crippen LogP contribution < -0.4 is 10.1 Å². The van der Waals surface area contributed by atoms with Crippen LogP contribution in [0.3, 0.4) is 0 Å². The first-order chi connectivity index (χ1) is 13.1. The van der Waals surface area contributed by atoms with Crippen molar-refractivity contribution in [3.63, 3.8) is 0 Å². The van der Waals surface area contributed by atoms with Gasteiger partial charge in [0.2, 0.25) is 5.91 Å². The maximum Gasteiger partial charge on any atom is 0.317 e. The highest BCUT2D eigenvalue weighted by atomic mass is 16.5. The molecular weight excluding hydrogens is 346 g/mol. The number of ether oxygens (including phenoxy) is 2. The van der Waals surface area contributed by atoms with E-state index in [-0.39, 0.29) is 18.0 Å². The molecule has 0 spiro atoms. The van der Waals surface area contributed by atoms with Gasteiger partial charge in [0.1, 0.15) is 5.75 Å². The smallest absolute Gasteiger partial charge is 0.317 e. The standard InChI is InChI=1S/C20H29N3O4/c1-15(24)23-11-12-27-17(14-23)13-21-20(25)22-9-7-16(8-10-22)18-5-3-4-6-19(18)26-2/h3-6,16-17H,7-14H2,1-2H3,(H,21,25)/t17-/m1/s1. The van der Waals surface area contributed by atoms with Crippen LogP contribution in [-0.2, 0) is 9.53 Å². The van der Waals surface area contributed by atoms with E-state index in [0.29, 0.717) is 32.2 Å². The van der Waals surface area contributed by atoms with Crippen LogP contribution in [-0.4, -0.2) is 74.3 Å². The molecule has 0 aliphatic carbocycles. The van der Waals surface area contributed by atoms with Crippen LogP contribution in [0.15, 0.2) is 24.3 Å². The van der Waals surface area contributed by atoms with Gasteiger partial charge in [0.25, 0.3) is 0 Å². The van der Waals surface area contributed by atoms with E-state index in [1.54, 1.807) is 18.9 Å². The van der Waals surface area contributed by atoms with Crippen LogP contribution in [0.4, 0.5) is 4.79 Å². The molecule has 2 saturated heterocycles. The number of carbonyl (C=O) groups excluding carboxylic acids is 2. The molecule has 2 fully saturated rings. The molecule has 2 aliphatic rings. The summed E-state index contributed by atoms with van der Waals surface area (Å²) >= 11 is 0. The third kappa shape index (κ3) is 4.91. The fraction of sp³-hybridized carbons (Fsp3) is 0.600. The molecule has 0 bridgehead atoms. The number of nitrogens with one attached hydrogen (secondary N) is 1. The van der Waals surface area contributed by atoms with Gasteiger partial charge in [-0.3, -0.25) is 4.79 Å². The molecule has 1 aromatic rings. The first kappa shape index (κ1) is 19.5. The predicted octanol–water partition coefficient (Wildman–Crippen LogP) is 1.83. The van der Waals surface area contributed by atoms with E-state index in [0.717, 1.165) is 31.7 Å². The van der Waals surface area contributed by atoms with Gasteiger partial charge < -0.3 is 24.6 Å². The van der Waals surface area contributed by atoms with Crippen molar-refractivity contribution in [3.05, 3.63) is 29.8 Å². The summed E-state index contributed by atoms with van der Waals surface area (Å²) in [6.45, 7) is 5.10. The van der Waals surface area contributed by atoms with E-state index in [2.05, 4.69) is 11.4 Å². The maximum atomic E-state index is 12.5. The minimum Gasteiger partial charge on any atom is -0.496 e. The van der Waals surface area contributed by atoms with Crippen molar-refractivity contribution in [1.29, 1.82) is 0 Å². The van der Waals surface area contributed by atoms with Gasteiger partial charge in [-0.15, -0.1) is 0 Å². The van der Waals surface area contributed by atoms with Crippen molar-refractivity contribution in [2.75, 3.05) is 46.4 Å². The molecule has 3 rings (SSSR count). The Hall–Kier alpha value is -2.28. The number of nitrogens with zero attached hydrogens (tertiary/aromatic N) is 2. The van der Waals surface area contributed by atoms with Gasteiger partial charge in [-0.2, -0.15) is 0 Å². The number of likely N-dealkylation sites (tertiary alicyclic amines) is 1. The molecule has 2 heterocycles. The molecule has 1 aromatic carbocycles. The SMILES string of the molecule is COc1ccccc1C1CCN(C(=O)NC[C@@H]2CN(C(C)=O)CCO2)CC1. The van der Waals surface area contributed by atoms with Gasteiger partial charge in [0.15, 0.2) is 0 Å². The number of hydrogen-bond donors (Lipinski definition) is 1. The fourth-order valence-electron chi connectivity index (χ4n) is 3.84. The Morgan fingerprint density at radius 3 is 2.63 bits per heavy atom. The largest absolute Gasteiger partial charge is 0.496 e. The molecular formula is C20H29N3O4. The third-order valence-corrected chi connectivity index (χ3v) is 5.43. The molecule has 7 heteroatoms. The number of morpholine rings is 1. The zero-order chi connectivity index (χ0) is 19.2. The molecule has 0 aromatic heterocycles. The normalized spacial score (nSPS) is 21.0. The van der Waals surface area contributed by atoms with Gasteiger partial charge in [0, 0.05) is 39.6 Å². The summed E-state index contributed by atoms with van der Waals surface area (Å²) < 4.78 is 11.1. The van der Waals surface area contributed by atoms with E-state index >= 15 is 0 Å². The maximum absolute atomic E-state index is 12.5. The lowest BCUT2D eigenvalue weighted by molar-refractivity contribution is -0.136. The first-order valence-corrected chi connectivity index (χ1v) is 9.61. The summed E-state index contributed by atoms with van der Waals surface area (Å²) in [6, 6.07) is 8.05. The number of piperidine rings is 1. The van der Waals surface area contributed by atoms with Crippen LogP contribution in [0.25, 0.3) is 0 Å². The second kappa shape index (κ2) is 9.08. The molecule has 0 saturated carbocycles. The lowest BCUT2D eigenvalue weighted by Crippen LogP contribution is -2.51. The molecule has 0 unspecified atom stereocenters. The Balaban J connectivity index is 1.45. The Morgan fingerprint density at radius 1 is 1.19 bits per heavy atom. The molecule has 1 atom stereocenters. The highest BCUT2D eigenvalue weighted by Gasteiger charge is 2.27. The van der Waals surface area contributed by atoms with Crippen molar-refractivity contribution in [2.24, 2.45) is 0 Å². The minimum atomic E-state index is -0.141. The topological polar surface area (TPSA) is 71.1 Å². The second-order valence-electron chi connectivity index (χ2n) is 7.15. The molecule has 2 aliphatic heterocycles. The average Bonchev–Trinajstić information content (AvgIpc) is 2.72. The third-order valence-electron chi connectivity index (χ3n) is 5.43. The molecule has 1 N–H and O–H groups in total. The van der Waals surface area contributed by atoms with Crippen LogP contribution in [0.2, 0.25) is 0 Å². The molecule has 7 nitrogen and oxygen atoms in total. The van der Waals surface area contributed by atoms with Crippen LogP contribution in [0, 0.1) is 0 Å². The van der Waals surface area contributed by atoms with E-state index in [1.807, 2.05) is 23.1 Å². The van der Waals surface area contributed by atoms with Gasteiger partial charge >= 0.3 is 6.03 Å². The van der Waals surface area contributed by atoms with Gasteiger partial charge in [0.05, 0.1) is 19.8 Å². The van der Waals surface area contributed by atoms with Crippen molar-refractivity contribution >= 4 is 11.9 Å². The lowest BCUT2D eigenvalue weighted by Gasteiger charge is -2.35. The van der Waals surface area contributed by atoms with Gasteiger partial charge in [-0.05, 0) is 30.4 Å². The van der Waals surface area contributed by atoms with Crippen LogP contribution >= 0.6 is 0 Å². The number of urea groups is 1. The highest BCUT2D eigenvalue weighted by Crippen LogP contribution is 2.33. The number of rotatable bonds is 4. The van der Waals surface area contributed by atoms with E-state index in [9.17, 15) is 9.59 Å². The number of hydrogen-bond acceptors (Lipinski definition) is 4. The lowest BCUT2D eigenvalue weighted by atomic mass is 9.89. The minimum absolute atomic E-state index is 0.0491. The number of amides is 3. The van der Waals surface area contributed by atoms with Gasteiger partial charge in [-0.25, -0.2) is 4.79 Å². The van der Waals surface area contributed by atoms with Crippen molar-refractivity contribution in [1.82, 2.24) is 15.1 Å². The van der Waals surface area contributed by atoms with Crippen LogP contribution in [0.5, 0.6) is 5.75 Å². The summed E-state index contributed by atoms with van der Waals surface area (Å²) in [4.78, 5) is 27.6. The van der Waals surface area contributed by atoms with Crippen molar-refractivity contribution in [3.8, 4) is 5.75 Å². The summed E-state index contributed by atoms with van der Waals surface area (Å²) in [7, 11) is 1.70. The zero-order valence-corrected chi connectivity index (χ0v) is 16.1. The number of para-hydroxylation sites is 1. The average molecular weight is 375 g/mol. The summed E-state index contributed by atoms with van der Waals surface area (Å²) in [6.07, 6.45) is 1.70. The number of carbonyl (C=O) groups is 2. The van der Waals surface area contributed by atoms with E-state index < -0.39 is 0 Å². The molecule has 0 radical (unpaired) electrons. The van der Waals surface area contributed by atoms with Crippen LogP contribution in [0.1, 0.15) is 31.2 Å². The van der Waals surface area contributed by atoms with E-state index in [1.165, 1.54) is 5.56 Å². The predicted molar refractivity (Wildman–Crippen MR) is 102 cm³/mol. The molecule has 3 amide bonds.